The average molecular weight is 258 g/mol. The number of ether oxygens (including phenoxy) is 1. The summed E-state index contributed by atoms with van der Waals surface area (Å²) in [5, 5.41) is 12.3. The first-order valence-electron chi connectivity index (χ1n) is 6.40. The van der Waals surface area contributed by atoms with Crippen molar-refractivity contribution in [1.29, 1.82) is 5.26 Å². The van der Waals surface area contributed by atoms with Gasteiger partial charge in [0.25, 0.3) is 0 Å². The number of fused-ring (bicyclic) bond motifs is 2. The van der Waals surface area contributed by atoms with Crippen molar-refractivity contribution in [3.8, 4) is 6.07 Å². The highest BCUT2D eigenvalue weighted by atomic mass is 16.6. The van der Waals surface area contributed by atoms with Gasteiger partial charge in [0.2, 0.25) is 0 Å². The summed E-state index contributed by atoms with van der Waals surface area (Å²) in [6, 6.07) is 5.69. The summed E-state index contributed by atoms with van der Waals surface area (Å²) < 4.78 is 5.46. The number of benzene rings is 1. The predicted molar refractivity (Wildman–Crippen MR) is 71.7 cm³/mol. The lowest BCUT2D eigenvalue weighted by molar-refractivity contribution is 0.00675. The fourth-order valence-corrected chi connectivity index (χ4v) is 2.21. The smallest absolute Gasteiger partial charge is 0.339 e. The molecule has 1 aliphatic heterocycles. The van der Waals surface area contributed by atoms with Crippen LogP contribution in [0.5, 0.6) is 0 Å². The minimum absolute atomic E-state index is 0.300. The van der Waals surface area contributed by atoms with Crippen LogP contribution in [0.15, 0.2) is 12.1 Å². The van der Waals surface area contributed by atoms with Gasteiger partial charge in [-0.05, 0) is 57.0 Å². The Hall–Kier alpha value is -1.86. The molecule has 0 fully saturated rings. The van der Waals surface area contributed by atoms with Crippen molar-refractivity contribution in [2.24, 2.45) is 0 Å². The van der Waals surface area contributed by atoms with Gasteiger partial charge in [-0.15, -0.1) is 0 Å². The standard InChI is InChI=1S/C15H18N2O2/c1-15(2,3)19-14(18)13-11-4-5-17-9-12(13)7-10(6-11)8-16/h6-7,17H,4-5,9H2,1-3H3. The maximum absolute atomic E-state index is 12.3. The van der Waals surface area contributed by atoms with Gasteiger partial charge in [-0.1, -0.05) is 0 Å². The van der Waals surface area contributed by atoms with E-state index >= 15 is 0 Å². The van der Waals surface area contributed by atoms with Crippen molar-refractivity contribution in [2.75, 3.05) is 6.54 Å². The van der Waals surface area contributed by atoms with Gasteiger partial charge in [0.15, 0.2) is 0 Å². The van der Waals surface area contributed by atoms with Gasteiger partial charge in [0.1, 0.15) is 5.60 Å². The molecular formula is C15H18N2O2. The number of nitrogens with one attached hydrogen (secondary N) is 1. The van der Waals surface area contributed by atoms with E-state index in [9.17, 15) is 4.79 Å². The largest absolute Gasteiger partial charge is 0.456 e. The monoisotopic (exact) mass is 258 g/mol. The Labute approximate surface area is 113 Å². The Morgan fingerprint density at radius 3 is 2.68 bits per heavy atom. The number of nitriles is 1. The molecule has 2 rings (SSSR count). The van der Waals surface area contributed by atoms with Crippen LogP contribution in [0.1, 0.15) is 47.8 Å². The third-order valence-electron chi connectivity index (χ3n) is 2.92. The van der Waals surface area contributed by atoms with Crippen molar-refractivity contribution in [2.45, 2.75) is 39.3 Å². The van der Waals surface area contributed by atoms with E-state index < -0.39 is 5.60 Å². The van der Waals surface area contributed by atoms with Crippen LogP contribution in [0.4, 0.5) is 0 Å². The van der Waals surface area contributed by atoms with E-state index in [-0.39, 0.29) is 5.97 Å². The number of carbonyl (C=O) groups excluding carboxylic acids is 1. The molecule has 1 aromatic rings. The highest BCUT2D eigenvalue weighted by Gasteiger charge is 2.25. The third-order valence-corrected chi connectivity index (χ3v) is 2.92. The van der Waals surface area contributed by atoms with Gasteiger partial charge in [-0.2, -0.15) is 5.26 Å². The molecule has 0 saturated carbocycles. The van der Waals surface area contributed by atoms with Crippen LogP contribution in [0.25, 0.3) is 0 Å². The van der Waals surface area contributed by atoms with E-state index in [2.05, 4.69) is 11.4 Å². The van der Waals surface area contributed by atoms with Gasteiger partial charge in [0.05, 0.1) is 17.2 Å². The van der Waals surface area contributed by atoms with Crippen LogP contribution in [-0.2, 0) is 17.7 Å². The first-order chi connectivity index (χ1) is 8.90. The second-order valence-electron chi connectivity index (χ2n) is 5.71. The Balaban J connectivity index is 2.46. The molecule has 0 amide bonds. The van der Waals surface area contributed by atoms with Crippen molar-refractivity contribution in [3.05, 3.63) is 34.4 Å². The van der Waals surface area contributed by atoms with Crippen LogP contribution in [0.2, 0.25) is 0 Å². The van der Waals surface area contributed by atoms with E-state index in [1.165, 1.54) is 0 Å². The van der Waals surface area contributed by atoms with Crippen molar-refractivity contribution in [1.82, 2.24) is 5.32 Å². The molecule has 0 aromatic heterocycles. The maximum Gasteiger partial charge on any atom is 0.339 e. The molecule has 0 aliphatic carbocycles. The second-order valence-corrected chi connectivity index (χ2v) is 5.71. The molecule has 4 heteroatoms. The summed E-state index contributed by atoms with van der Waals surface area (Å²) in [6.07, 6.45) is 0.733. The fourth-order valence-electron chi connectivity index (χ4n) is 2.21. The molecule has 0 atom stereocenters. The highest BCUT2D eigenvalue weighted by molar-refractivity contribution is 5.93. The molecule has 1 N–H and O–H groups in total. The molecule has 0 saturated heterocycles. The zero-order valence-electron chi connectivity index (χ0n) is 11.5. The van der Waals surface area contributed by atoms with Crippen LogP contribution in [-0.4, -0.2) is 18.1 Å². The molecule has 4 nitrogen and oxygen atoms in total. The summed E-state index contributed by atoms with van der Waals surface area (Å²) in [5.74, 6) is -0.300. The molecule has 0 spiro atoms. The third kappa shape index (κ3) is 3.12. The quantitative estimate of drug-likeness (QED) is 0.784. The Bertz CT molecular complexity index is 523. The molecule has 1 aromatic carbocycles. The molecule has 0 unspecified atom stereocenters. The van der Waals surface area contributed by atoms with E-state index in [4.69, 9.17) is 10.00 Å². The summed E-state index contributed by atoms with van der Waals surface area (Å²) >= 11 is 0. The van der Waals surface area contributed by atoms with Crippen LogP contribution >= 0.6 is 0 Å². The summed E-state index contributed by atoms with van der Waals surface area (Å²) in [7, 11) is 0. The van der Waals surface area contributed by atoms with Crippen LogP contribution in [0, 0.1) is 11.3 Å². The number of hydrogen-bond acceptors (Lipinski definition) is 4. The Morgan fingerprint density at radius 1 is 1.37 bits per heavy atom. The van der Waals surface area contributed by atoms with Crippen LogP contribution < -0.4 is 5.32 Å². The van der Waals surface area contributed by atoms with E-state index in [1.54, 1.807) is 12.1 Å². The number of esters is 1. The number of nitrogens with zero attached hydrogens (tertiary/aromatic N) is 1. The minimum Gasteiger partial charge on any atom is -0.456 e. The number of hydrogen-bond donors (Lipinski definition) is 1. The lowest BCUT2D eigenvalue weighted by Crippen LogP contribution is -2.25. The Morgan fingerprint density at radius 2 is 2.05 bits per heavy atom. The number of rotatable bonds is 1. The molecule has 100 valence electrons. The topological polar surface area (TPSA) is 62.1 Å². The van der Waals surface area contributed by atoms with Gasteiger partial charge in [-0.3, -0.25) is 0 Å². The molecule has 1 heterocycles. The Kier molecular flexibility index (Phi) is 3.59. The van der Waals surface area contributed by atoms with Gasteiger partial charge >= 0.3 is 5.97 Å². The predicted octanol–water partition coefficient (Wildman–Crippen LogP) is 2.16. The summed E-state index contributed by atoms with van der Waals surface area (Å²) in [6.45, 7) is 6.95. The number of carbonyl (C=O) groups is 1. The lowest BCUT2D eigenvalue weighted by atomic mass is 9.97. The summed E-state index contributed by atoms with van der Waals surface area (Å²) in [5.41, 5.74) is 2.45. The zero-order valence-corrected chi connectivity index (χ0v) is 11.5. The molecule has 0 radical (unpaired) electrons. The summed E-state index contributed by atoms with van der Waals surface area (Å²) in [4.78, 5) is 12.3. The highest BCUT2D eigenvalue weighted by Crippen LogP contribution is 2.23. The van der Waals surface area contributed by atoms with Gasteiger partial charge in [-0.25, -0.2) is 4.79 Å². The van der Waals surface area contributed by atoms with Crippen molar-refractivity contribution < 1.29 is 9.53 Å². The first kappa shape index (κ1) is 13.6. The lowest BCUT2D eigenvalue weighted by Gasteiger charge is -2.21. The van der Waals surface area contributed by atoms with E-state index in [0.717, 1.165) is 24.1 Å². The fraction of sp³-hybridized carbons (Fsp3) is 0.467. The maximum atomic E-state index is 12.3. The molecule has 19 heavy (non-hydrogen) atoms. The molecular weight excluding hydrogens is 240 g/mol. The van der Waals surface area contributed by atoms with E-state index in [1.807, 2.05) is 20.8 Å². The van der Waals surface area contributed by atoms with Crippen molar-refractivity contribution >= 4 is 5.97 Å². The SMILES string of the molecule is CC(C)(C)OC(=O)c1c2cc(C#N)cc1CNCC2. The van der Waals surface area contributed by atoms with E-state index in [0.29, 0.717) is 17.7 Å². The zero-order chi connectivity index (χ0) is 14.0. The molecule has 2 bridgehead atoms. The average Bonchev–Trinajstić information content (AvgIpc) is 2.43. The normalized spacial score (nSPS) is 14.4. The first-order valence-corrected chi connectivity index (χ1v) is 6.40. The van der Waals surface area contributed by atoms with Crippen LogP contribution in [0.3, 0.4) is 0 Å². The second kappa shape index (κ2) is 5.02. The van der Waals surface area contributed by atoms with Crippen molar-refractivity contribution in [3.63, 3.8) is 0 Å². The minimum atomic E-state index is -0.513. The van der Waals surface area contributed by atoms with Gasteiger partial charge < -0.3 is 10.1 Å². The van der Waals surface area contributed by atoms with Gasteiger partial charge in [0, 0.05) is 6.54 Å². The molecule has 1 aliphatic rings.